The molecule has 6 nitrogen and oxygen atoms in total. The Balaban J connectivity index is 2.42. The summed E-state index contributed by atoms with van der Waals surface area (Å²) < 4.78 is 0. The summed E-state index contributed by atoms with van der Waals surface area (Å²) in [6.07, 6.45) is 0. The van der Waals surface area contributed by atoms with Gasteiger partial charge in [0.05, 0.1) is 6.54 Å². The quantitative estimate of drug-likeness (QED) is 0.737. The van der Waals surface area contributed by atoms with Crippen molar-refractivity contribution in [2.45, 2.75) is 26.4 Å². The molecular weight excluding hydrogens is 230 g/mol. The molecule has 0 atom stereocenters. The highest BCUT2D eigenvalue weighted by molar-refractivity contribution is 7.09. The van der Waals surface area contributed by atoms with Crippen molar-refractivity contribution in [1.82, 2.24) is 15.6 Å². The number of carboxylic acids is 1. The van der Waals surface area contributed by atoms with Crippen LogP contribution in [0, 0.1) is 0 Å². The Morgan fingerprint density at radius 3 is 2.75 bits per heavy atom. The average Bonchev–Trinajstić information content (AvgIpc) is 2.61. The number of carbonyl (C=O) groups excluding carboxylic acids is 1. The largest absolute Gasteiger partial charge is 0.476 e. The van der Waals surface area contributed by atoms with Gasteiger partial charge in [-0.3, -0.25) is 0 Å². The number of hydrogen-bond donors (Lipinski definition) is 3. The van der Waals surface area contributed by atoms with Gasteiger partial charge in [0.25, 0.3) is 0 Å². The molecule has 1 heterocycles. The van der Waals surface area contributed by atoms with Crippen LogP contribution in [0.25, 0.3) is 0 Å². The van der Waals surface area contributed by atoms with Crippen LogP contribution in [0.3, 0.4) is 0 Å². The molecule has 0 fully saturated rings. The molecule has 3 N–H and O–H groups in total. The monoisotopic (exact) mass is 243 g/mol. The number of aromatic carboxylic acids is 1. The maximum absolute atomic E-state index is 11.2. The van der Waals surface area contributed by atoms with Crippen LogP contribution < -0.4 is 10.6 Å². The first kappa shape index (κ1) is 12.4. The lowest BCUT2D eigenvalue weighted by atomic mass is 10.4. The SMILES string of the molecule is CC(C)NC(=O)NCc1nc(C(=O)O)cs1. The number of thiazole rings is 1. The summed E-state index contributed by atoms with van der Waals surface area (Å²) in [6.45, 7) is 3.94. The number of aromatic nitrogens is 1. The zero-order chi connectivity index (χ0) is 12.1. The van der Waals surface area contributed by atoms with E-state index in [2.05, 4.69) is 15.6 Å². The Morgan fingerprint density at radius 1 is 1.56 bits per heavy atom. The molecule has 1 aromatic rings. The minimum atomic E-state index is -1.06. The predicted molar refractivity (Wildman–Crippen MR) is 59.6 cm³/mol. The van der Waals surface area contributed by atoms with Gasteiger partial charge < -0.3 is 15.7 Å². The van der Waals surface area contributed by atoms with Gasteiger partial charge in [-0.15, -0.1) is 11.3 Å². The number of nitrogens with zero attached hydrogens (tertiary/aromatic N) is 1. The summed E-state index contributed by atoms with van der Waals surface area (Å²) >= 11 is 1.20. The standard InChI is InChI=1S/C9H13N3O3S/c1-5(2)11-9(15)10-3-7-12-6(4-16-7)8(13)14/h4-5H,3H2,1-2H3,(H,13,14)(H2,10,11,15). The van der Waals surface area contributed by atoms with E-state index in [4.69, 9.17) is 5.11 Å². The maximum Gasteiger partial charge on any atom is 0.355 e. The van der Waals surface area contributed by atoms with Crippen LogP contribution in [0.1, 0.15) is 29.3 Å². The Kier molecular flexibility index (Phi) is 4.24. The highest BCUT2D eigenvalue weighted by Gasteiger charge is 2.09. The molecular formula is C9H13N3O3S. The second kappa shape index (κ2) is 5.45. The number of rotatable bonds is 4. The molecule has 0 unspecified atom stereocenters. The Hall–Kier alpha value is -1.63. The van der Waals surface area contributed by atoms with Crippen molar-refractivity contribution in [3.05, 3.63) is 16.1 Å². The summed E-state index contributed by atoms with van der Waals surface area (Å²) in [7, 11) is 0. The minimum absolute atomic E-state index is 0.00562. The molecule has 0 saturated carbocycles. The van der Waals surface area contributed by atoms with E-state index in [1.165, 1.54) is 16.7 Å². The summed E-state index contributed by atoms with van der Waals surface area (Å²) in [6, 6.07) is -0.229. The number of nitrogens with one attached hydrogen (secondary N) is 2. The van der Waals surface area contributed by atoms with Gasteiger partial charge in [0, 0.05) is 11.4 Å². The smallest absolute Gasteiger partial charge is 0.355 e. The third-order valence-corrected chi connectivity index (χ3v) is 2.44. The third kappa shape index (κ3) is 3.85. The summed E-state index contributed by atoms with van der Waals surface area (Å²) in [5, 5.41) is 15.9. The van der Waals surface area contributed by atoms with Crippen molar-refractivity contribution in [3.8, 4) is 0 Å². The van der Waals surface area contributed by atoms with E-state index in [1.807, 2.05) is 13.8 Å². The molecule has 0 saturated heterocycles. The van der Waals surface area contributed by atoms with E-state index >= 15 is 0 Å². The topological polar surface area (TPSA) is 91.3 Å². The number of hydrogen-bond acceptors (Lipinski definition) is 4. The van der Waals surface area contributed by atoms with Crippen LogP contribution in [0.15, 0.2) is 5.38 Å². The van der Waals surface area contributed by atoms with Crippen LogP contribution >= 0.6 is 11.3 Å². The first-order valence-electron chi connectivity index (χ1n) is 4.71. The molecule has 0 aromatic carbocycles. The van der Waals surface area contributed by atoms with Gasteiger partial charge in [-0.05, 0) is 13.8 Å². The van der Waals surface area contributed by atoms with Gasteiger partial charge in [-0.1, -0.05) is 0 Å². The minimum Gasteiger partial charge on any atom is -0.476 e. The van der Waals surface area contributed by atoms with Crippen molar-refractivity contribution in [2.75, 3.05) is 0 Å². The molecule has 88 valence electrons. The maximum atomic E-state index is 11.2. The molecule has 0 radical (unpaired) electrons. The molecule has 7 heteroatoms. The highest BCUT2D eigenvalue weighted by Crippen LogP contribution is 2.09. The Bertz CT molecular complexity index is 389. The average molecular weight is 243 g/mol. The van der Waals surface area contributed by atoms with Gasteiger partial charge in [0.2, 0.25) is 0 Å². The molecule has 0 aliphatic rings. The summed E-state index contributed by atoms with van der Waals surface area (Å²) in [5.74, 6) is -1.06. The summed E-state index contributed by atoms with van der Waals surface area (Å²) in [4.78, 5) is 25.6. The Morgan fingerprint density at radius 2 is 2.25 bits per heavy atom. The lowest BCUT2D eigenvalue weighted by Crippen LogP contribution is -2.39. The number of urea groups is 1. The molecule has 0 aliphatic carbocycles. The number of carboxylic acid groups (broad SMARTS) is 1. The van der Waals surface area contributed by atoms with Gasteiger partial charge in [-0.25, -0.2) is 14.6 Å². The third-order valence-electron chi connectivity index (χ3n) is 1.59. The number of amides is 2. The van der Waals surface area contributed by atoms with E-state index in [0.717, 1.165) is 0 Å². The van der Waals surface area contributed by atoms with E-state index in [-0.39, 0.29) is 24.3 Å². The van der Waals surface area contributed by atoms with E-state index in [1.54, 1.807) is 0 Å². The first-order valence-corrected chi connectivity index (χ1v) is 5.59. The normalized spacial score (nSPS) is 10.2. The van der Waals surface area contributed by atoms with E-state index < -0.39 is 5.97 Å². The van der Waals surface area contributed by atoms with Gasteiger partial charge in [0.15, 0.2) is 5.69 Å². The second-order valence-electron chi connectivity index (χ2n) is 3.41. The highest BCUT2D eigenvalue weighted by atomic mass is 32.1. The lowest BCUT2D eigenvalue weighted by Gasteiger charge is -2.08. The van der Waals surface area contributed by atoms with Crippen LogP contribution in [0.2, 0.25) is 0 Å². The van der Waals surface area contributed by atoms with Crippen LogP contribution in [0.4, 0.5) is 4.79 Å². The number of carbonyl (C=O) groups is 2. The molecule has 0 aliphatic heterocycles. The molecule has 2 amide bonds. The molecule has 1 aromatic heterocycles. The van der Waals surface area contributed by atoms with Gasteiger partial charge in [-0.2, -0.15) is 0 Å². The molecule has 0 spiro atoms. The lowest BCUT2D eigenvalue weighted by molar-refractivity contribution is 0.0691. The van der Waals surface area contributed by atoms with Crippen molar-refractivity contribution in [2.24, 2.45) is 0 Å². The van der Waals surface area contributed by atoms with Crippen LogP contribution in [-0.4, -0.2) is 28.1 Å². The van der Waals surface area contributed by atoms with Crippen molar-refractivity contribution < 1.29 is 14.7 Å². The van der Waals surface area contributed by atoms with Crippen LogP contribution in [0.5, 0.6) is 0 Å². The molecule has 1 rings (SSSR count). The van der Waals surface area contributed by atoms with Gasteiger partial charge in [0.1, 0.15) is 5.01 Å². The zero-order valence-corrected chi connectivity index (χ0v) is 9.80. The van der Waals surface area contributed by atoms with Crippen LogP contribution in [-0.2, 0) is 6.54 Å². The fourth-order valence-electron chi connectivity index (χ4n) is 0.959. The molecule has 16 heavy (non-hydrogen) atoms. The predicted octanol–water partition coefficient (Wildman–Crippen LogP) is 1.05. The van der Waals surface area contributed by atoms with Crippen molar-refractivity contribution >= 4 is 23.3 Å². The first-order chi connectivity index (χ1) is 7.49. The van der Waals surface area contributed by atoms with E-state index in [9.17, 15) is 9.59 Å². The summed E-state index contributed by atoms with van der Waals surface area (Å²) in [5.41, 5.74) is 0.00562. The van der Waals surface area contributed by atoms with E-state index in [0.29, 0.717) is 5.01 Å². The zero-order valence-electron chi connectivity index (χ0n) is 8.98. The van der Waals surface area contributed by atoms with Gasteiger partial charge >= 0.3 is 12.0 Å². The fraction of sp³-hybridized carbons (Fsp3) is 0.444. The van der Waals surface area contributed by atoms with Crippen molar-refractivity contribution in [3.63, 3.8) is 0 Å². The molecule has 0 bridgehead atoms. The second-order valence-corrected chi connectivity index (χ2v) is 4.36. The van der Waals surface area contributed by atoms with Crippen molar-refractivity contribution in [1.29, 1.82) is 0 Å². The Labute approximate surface area is 96.7 Å². The fourth-order valence-corrected chi connectivity index (χ4v) is 1.67.